The molecule has 1 aromatic rings. The molecule has 25 heavy (non-hydrogen) atoms. The first-order valence-electron chi connectivity index (χ1n) is 7.62. The zero-order valence-corrected chi connectivity index (χ0v) is 16.0. The number of hydrogen-bond acceptors (Lipinski definition) is 5. The van der Waals surface area contributed by atoms with Crippen molar-refractivity contribution in [2.45, 2.75) is 19.3 Å². The van der Waals surface area contributed by atoms with Gasteiger partial charge in [-0.05, 0) is 30.4 Å². The van der Waals surface area contributed by atoms with Crippen LogP contribution in [0.5, 0.6) is 0 Å². The minimum atomic E-state index is -0.00645. The molecule has 1 amide bonds. The third-order valence-corrected chi connectivity index (χ3v) is 4.85. The van der Waals surface area contributed by atoms with E-state index in [1.807, 2.05) is 18.5 Å². The lowest BCUT2D eigenvalue weighted by atomic mass is 10.0. The van der Waals surface area contributed by atoms with Gasteiger partial charge in [-0.2, -0.15) is 10.4 Å². The lowest BCUT2D eigenvalue weighted by Gasteiger charge is -2.23. The van der Waals surface area contributed by atoms with Crippen LogP contribution < -0.4 is 5.32 Å². The summed E-state index contributed by atoms with van der Waals surface area (Å²) in [6.45, 7) is 0.980. The molecule has 0 saturated heterocycles. The number of benzene rings is 1. The molecule has 1 aliphatic heterocycles. The smallest absolute Gasteiger partial charge is 0.243 e. The molecule has 0 aliphatic carbocycles. The molecule has 0 fully saturated rings. The summed E-state index contributed by atoms with van der Waals surface area (Å²) in [6, 6.07) is 5.34. The van der Waals surface area contributed by atoms with Crippen molar-refractivity contribution in [3.8, 4) is 6.19 Å². The first-order valence-corrected chi connectivity index (χ1v) is 9.60. The Balaban J connectivity index is 2.00. The normalized spacial score (nSPS) is 15.0. The quantitative estimate of drug-likeness (QED) is 0.271. The molecule has 1 aliphatic rings. The van der Waals surface area contributed by atoms with Crippen molar-refractivity contribution >= 4 is 51.8 Å². The maximum absolute atomic E-state index is 12.1. The van der Waals surface area contributed by atoms with Crippen molar-refractivity contribution in [1.82, 2.24) is 10.3 Å². The van der Waals surface area contributed by atoms with Crippen molar-refractivity contribution in [2.24, 2.45) is 10.1 Å². The van der Waals surface area contributed by atoms with Gasteiger partial charge < -0.3 is 0 Å². The fourth-order valence-corrected chi connectivity index (χ4v) is 2.93. The molecule has 1 N–H and O–H groups in total. The predicted molar refractivity (Wildman–Crippen MR) is 103 cm³/mol. The van der Waals surface area contributed by atoms with Crippen molar-refractivity contribution in [1.29, 1.82) is 5.26 Å². The summed E-state index contributed by atoms with van der Waals surface area (Å²) in [7, 11) is 0. The molecule has 0 saturated carbocycles. The van der Waals surface area contributed by atoms with E-state index < -0.39 is 0 Å². The fraction of sp³-hybridized carbons (Fsp3) is 0.375. The molecule has 0 bridgehead atoms. The molecular formula is C16H17Cl2N5OS. The standard InChI is InChI=1S/C16H17Cl2N5OS/c1-25-16(21-10-19)20-7-2-8-23-15(24)6-5-14(22-23)11-3-4-12(17)13(18)9-11/h3-4,9H,2,5-8H2,1H3,(H,20,21). The second kappa shape index (κ2) is 9.66. The predicted octanol–water partition coefficient (Wildman–Crippen LogP) is 3.50. The fourth-order valence-electron chi connectivity index (χ4n) is 2.26. The first kappa shape index (κ1) is 19.6. The van der Waals surface area contributed by atoms with Gasteiger partial charge in [0.15, 0.2) is 11.4 Å². The number of hydrazone groups is 1. The number of nitrogens with zero attached hydrogens (tertiary/aromatic N) is 4. The maximum Gasteiger partial charge on any atom is 0.243 e. The van der Waals surface area contributed by atoms with Crippen LogP contribution in [0, 0.1) is 11.5 Å². The summed E-state index contributed by atoms with van der Waals surface area (Å²) < 4.78 is 0. The topological polar surface area (TPSA) is 80.8 Å². The molecule has 0 unspecified atom stereocenters. The van der Waals surface area contributed by atoms with Gasteiger partial charge in [0.05, 0.1) is 15.8 Å². The van der Waals surface area contributed by atoms with E-state index in [0.29, 0.717) is 47.6 Å². The summed E-state index contributed by atoms with van der Waals surface area (Å²) in [5, 5.41) is 18.6. The summed E-state index contributed by atoms with van der Waals surface area (Å²) >= 11 is 13.4. The largest absolute Gasteiger partial charge is 0.273 e. The summed E-state index contributed by atoms with van der Waals surface area (Å²) in [4.78, 5) is 16.3. The van der Waals surface area contributed by atoms with Crippen molar-refractivity contribution < 1.29 is 4.79 Å². The van der Waals surface area contributed by atoms with Crippen molar-refractivity contribution in [2.75, 3.05) is 19.3 Å². The Kier molecular flexibility index (Phi) is 7.56. The molecule has 2 rings (SSSR count). The number of halogens is 2. The molecule has 0 radical (unpaired) electrons. The number of aliphatic imine (C=N–C) groups is 1. The Labute approximate surface area is 160 Å². The van der Waals surface area contributed by atoms with Gasteiger partial charge in [0, 0.05) is 25.9 Å². The average Bonchev–Trinajstić information content (AvgIpc) is 2.61. The van der Waals surface area contributed by atoms with Crippen LogP contribution in [0.1, 0.15) is 24.8 Å². The van der Waals surface area contributed by atoms with Crippen LogP contribution in [0.2, 0.25) is 10.0 Å². The number of amides is 1. The molecule has 1 heterocycles. The van der Waals surface area contributed by atoms with Crippen LogP contribution in [0.3, 0.4) is 0 Å². The molecule has 0 atom stereocenters. The molecule has 0 spiro atoms. The third kappa shape index (κ3) is 5.63. The highest BCUT2D eigenvalue weighted by Gasteiger charge is 2.21. The van der Waals surface area contributed by atoms with Gasteiger partial charge in [-0.3, -0.25) is 15.1 Å². The number of rotatable bonds is 5. The molecule has 6 nitrogen and oxygen atoms in total. The Morgan fingerprint density at radius 3 is 2.92 bits per heavy atom. The van der Waals surface area contributed by atoms with E-state index >= 15 is 0 Å². The van der Waals surface area contributed by atoms with E-state index in [4.69, 9.17) is 28.5 Å². The second-order valence-corrected chi connectivity index (χ2v) is 6.78. The lowest BCUT2D eigenvalue weighted by molar-refractivity contribution is -0.131. The van der Waals surface area contributed by atoms with Gasteiger partial charge in [0.2, 0.25) is 5.91 Å². The average molecular weight is 398 g/mol. The van der Waals surface area contributed by atoms with E-state index in [1.165, 1.54) is 16.8 Å². The van der Waals surface area contributed by atoms with Crippen LogP contribution in [-0.2, 0) is 4.79 Å². The van der Waals surface area contributed by atoms with Gasteiger partial charge in [-0.1, -0.05) is 41.0 Å². The number of thioether (sulfide) groups is 1. The highest BCUT2D eigenvalue weighted by atomic mass is 35.5. The maximum atomic E-state index is 12.1. The second-order valence-electron chi connectivity index (χ2n) is 5.17. The zero-order chi connectivity index (χ0) is 18.2. The van der Waals surface area contributed by atoms with Gasteiger partial charge >= 0.3 is 0 Å². The zero-order valence-electron chi connectivity index (χ0n) is 13.6. The number of amidine groups is 1. The molecular weight excluding hydrogens is 381 g/mol. The number of carbonyl (C=O) groups excluding carboxylic acids is 1. The lowest BCUT2D eigenvalue weighted by Crippen LogP contribution is -2.33. The highest BCUT2D eigenvalue weighted by molar-refractivity contribution is 8.13. The van der Waals surface area contributed by atoms with Crippen LogP contribution in [0.15, 0.2) is 28.3 Å². The number of nitriles is 1. The first-order chi connectivity index (χ1) is 12.0. The van der Waals surface area contributed by atoms with Crippen LogP contribution in [-0.4, -0.2) is 41.1 Å². The highest BCUT2D eigenvalue weighted by Crippen LogP contribution is 2.25. The van der Waals surface area contributed by atoms with Crippen LogP contribution in [0.25, 0.3) is 0 Å². The van der Waals surface area contributed by atoms with Gasteiger partial charge in [0.1, 0.15) is 0 Å². The number of carbonyl (C=O) groups is 1. The Morgan fingerprint density at radius 1 is 1.44 bits per heavy atom. The number of hydrogen-bond donors (Lipinski definition) is 1. The van der Waals surface area contributed by atoms with Gasteiger partial charge in [-0.15, -0.1) is 0 Å². The van der Waals surface area contributed by atoms with E-state index in [0.717, 1.165) is 11.3 Å². The van der Waals surface area contributed by atoms with E-state index in [9.17, 15) is 4.79 Å². The Morgan fingerprint density at radius 2 is 2.24 bits per heavy atom. The van der Waals surface area contributed by atoms with Gasteiger partial charge in [-0.25, -0.2) is 5.01 Å². The Hall–Kier alpha value is -1.75. The minimum Gasteiger partial charge on any atom is -0.273 e. The summed E-state index contributed by atoms with van der Waals surface area (Å²) in [5.41, 5.74) is 1.69. The molecule has 132 valence electrons. The minimum absolute atomic E-state index is 0.00645. The van der Waals surface area contributed by atoms with Crippen molar-refractivity contribution in [3.63, 3.8) is 0 Å². The molecule has 1 aromatic carbocycles. The number of nitrogens with one attached hydrogen (secondary N) is 1. The van der Waals surface area contributed by atoms with E-state index in [-0.39, 0.29) is 5.91 Å². The van der Waals surface area contributed by atoms with Crippen LogP contribution >= 0.6 is 35.0 Å². The SMILES string of the molecule is CSC(=NCCCN1N=C(c2ccc(Cl)c(Cl)c2)CCC1=O)NC#N. The van der Waals surface area contributed by atoms with Gasteiger partial charge in [0.25, 0.3) is 0 Å². The van der Waals surface area contributed by atoms with E-state index in [1.54, 1.807) is 12.1 Å². The third-order valence-electron chi connectivity index (χ3n) is 3.50. The monoisotopic (exact) mass is 397 g/mol. The van der Waals surface area contributed by atoms with E-state index in [2.05, 4.69) is 15.4 Å². The van der Waals surface area contributed by atoms with Crippen molar-refractivity contribution in [3.05, 3.63) is 33.8 Å². The molecule has 9 heteroatoms. The summed E-state index contributed by atoms with van der Waals surface area (Å²) in [5.74, 6) is -0.00645. The summed E-state index contributed by atoms with van der Waals surface area (Å²) in [6.07, 6.45) is 5.32. The molecule has 0 aromatic heterocycles. The Bertz CT molecular complexity index is 745. The van der Waals surface area contributed by atoms with Crippen LogP contribution in [0.4, 0.5) is 0 Å².